The second-order valence-electron chi connectivity index (χ2n) is 0.681. The lowest BCUT2D eigenvalue weighted by molar-refractivity contribution is 0.214. The van der Waals surface area contributed by atoms with Crippen LogP contribution in [0.3, 0.4) is 0 Å². The summed E-state index contributed by atoms with van der Waals surface area (Å²) in [7, 11) is -3.65. The quantitative estimate of drug-likeness (QED) is 0.397. The molecular formula is CH4FNO3S. The molecule has 0 bridgehead atoms. The van der Waals surface area contributed by atoms with Crippen molar-refractivity contribution in [2.24, 2.45) is 0 Å². The molecule has 0 rings (SSSR count). The molecule has 4 nitrogen and oxygen atoms in total. The van der Waals surface area contributed by atoms with Gasteiger partial charge in [0.15, 0.2) is 0 Å². The Morgan fingerprint density at radius 1 is 1.71 bits per heavy atom. The van der Waals surface area contributed by atoms with E-state index in [0.29, 0.717) is 0 Å². The zero-order chi connectivity index (χ0) is 5.91. The van der Waals surface area contributed by atoms with Gasteiger partial charge in [0.2, 0.25) is 0 Å². The van der Waals surface area contributed by atoms with E-state index in [0.717, 1.165) is 7.05 Å². The minimum absolute atomic E-state index is 1.14. The molecule has 44 valence electrons. The summed E-state index contributed by atoms with van der Waals surface area (Å²) in [5.41, 5.74) is 1.64. The fourth-order valence-electron chi connectivity index (χ4n) is 0.0995. The third kappa shape index (κ3) is 5.80. The Balaban J connectivity index is 3.60. The summed E-state index contributed by atoms with van der Waals surface area (Å²) in [6.07, 6.45) is 0. The molecule has 6 heteroatoms. The van der Waals surface area contributed by atoms with Crippen molar-refractivity contribution in [3.63, 3.8) is 0 Å². The Morgan fingerprint density at radius 3 is 2.14 bits per heavy atom. The van der Waals surface area contributed by atoms with Crippen molar-refractivity contribution in [1.82, 2.24) is 5.48 Å². The number of hydrogen-bond donors (Lipinski definition) is 1. The Hall–Kier alpha value is -0.200. The molecule has 0 aliphatic carbocycles. The predicted octanol–water partition coefficient (Wildman–Crippen LogP) is -0.648. The summed E-state index contributed by atoms with van der Waals surface area (Å²) in [6.45, 7) is 0. The van der Waals surface area contributed by atoms with E-state index in [4.69, 9.17) is 0 Å². The first-order chi connectivity index (χ1) is 3.06. The van der Waals surface area contributed by atoms with Crippen molar-refractivity contribution in [2.75, 3.05) is 7.05 Å². The second kappa shape index (κ2) is 2.20. The van der Waals surface area contributed by atoms with Crippen molar-refractivity contribution < 1.29 is 16.6 Å². The lowest BCUT2D eigenvalue weighted by atomic mass is 11.6. The van der Waals surface area contributed by atoms with E-state index in [-0.39, 0.29) is 0 Å². The Labute approximate surface area is 40.7 Å². The van der Waals surface area contributed by atoms with Crippen molar-refractivity contribution in [1.29, 1.82) is 0 Å². The van der Waals surface area contributed by atoms with Gasteiger partial charge >= 0.3 is 10.5 Å². The summed E-state index contributed by atoms with van der Waals surface area (Å²) < 4.78 is 32.9. The van der Waals surface area contributed by atoms with E-state index >= 15 is 0 Å². The van der Waals surface area contributed by atoms with Crippen LogP contribution in [0.1, 0.15) is 0 Å². The van der Waals surface area contributed by atoms with Gasteiger partial charge in [-0.05, 0) is 0 Å². The van der Waals surface area contributed by atoms with E-state index in [2.05, 4.69) is 4.28 Å². The minimum Gasteiger partial charge on any atom is -0.185 e. The highest BCUT2D eigenvalue weighted by Crippen LogP contribution is 1.85. The van der Waals surface area contributed by atoms with Gasteiger partial charge in [0.25, 0.3) is 0 Å². The van der Waals surface area contributed by atoms with Gasteiger partial charge in [-0.25, -0.2) is 0 Å². The van der Waals surface area contributed by atoms with Crippen LogP contribution >= 0.6 is 0 Å². The van der Waals surface area contributed by atoms with Crippen LogP contribution in [0, 0.1) is 0 Å². The summed E-state index contributed by atoms with van der Waals surface area (Å²) in [5.74, 6) is 0. The maximum Gasteiger partial charge on any atom is 0.453 e. The summed E-state index contributed by atoms with van der Waals surface area (Å²) in [5, 5.41) is 0. The number of nitrogens with one attached hydrogen (secondary N) is 1. The number of hydrogen-bond acceptors (Lipinski definition) is 4. The Kier molecular flexibility index (Phi) is 2.13. The number of halogens is 1. The first-order valence-electron chi connectivity index (χ1n) is 1.36. The van der Waals surface area contributed by atoms with Crippen molar-refractivity contribution in [3.8, 4) is 0 Å². The maximum atomic E-state index is 11.1. The normalized spacial score (nSPS) is 11.7. The standard InChI is InChI=1S/CH4FNO3S/c1-3-6-7(2,4)5/h3H,1H3. The molecule has 0 aliphatic rings. The third-order valence-electron chi connectivity index (χ3n) is 0.183. The summed E-state index contributed by atoms with van der Waals surface area (Å²) in [4.78, 5) is 0. The highest BCUT2D eigenvalue weighted by molar-refractivity contribution is 7.81. The second-order valence-corrected chi connectivity index (χ2v) is 1.63. The van der Waals surface area contributed by atoms with Crippen molar-refractivity contribution >= 4 is 10.5 Å². The van der Waals surface area contributed by atoms with E-state index in [1.54, 1.807) is 5.48 Å². The predicted molar refractivity (Wildman–Crippen MR) is 20.2 cm³/mol. The molecule has 0 atom stereocenters. The van der Waals surface area contributed by atoms with Crippen LogP contribution in [0.5, 0.6) is 0 Å². The molecule has 0 aromatic heterocycles. The molecule has 0 aromatic rings. The van der Waals surface area contributed by atoms with Gasteiger partial charge in [-0.15, -0.1) is 0 Å². The molecule has 7 heavy (non-hydrogen) atoms. The fraction of sp³-hybridized carbons (Fsp3) is 1.00. The van der Waals surface area contributed by atoms with Crippen molar-refractivity contribution in [2.45, 2.75) is 0 Å². The molecule has 0 fully saturated rings. The summed E-state index contributed by atoms with van der Waals surface area (Å²) >= 11 is 0. The maximum absolute atomic E-state index is 11.1. The highest BCUT2D eigenvalue weighted by Gasteiger charge is 2.02. The molecule has 0 radical (unpaired) electrons. The fourth-order valence-corrected chi connectivity index (χ4v) is 0.299. The topological polar surface area (TPSA) is 55.4 Å². The first-order valence-corrected chi connectivity index (χ1v) is 2.67. The average Bonchev–Trinajstić information content (AvgIpc) is 1.30. The van der Waals surface area contributed by atoms with Crippen LogP contribution in [0.4, 0.5) is 3.89 Å². The summed E-state index contributed by atoms with van der Waals surface area (Å²) in [6, 6.07) is 0. The van der Waals surface area contributed by atoms with Crippen LogP contribution in [0.25, 0.3) is 0 Å². The molecule has 1 N–H and O–H groups in total. The lowest BCUT2D eigenvalue weighted by Crippen LogP contribution is -2.10. The van der Waals surface area contributed by atoms with Gasteiger partial charge in [-0.3, -0.25) is 0 Å². The van der Waals surface area contributed by atoms with Crippen LogP contribution in [0.2, 0.25) is 0 Å². The van der Waals surface area contributed by atoms with Crippen LogP contribution < -0.4 is 5.48 Å². The highest BCUT2D eigenvalue weighted by atomic mass is 32.3. The average molecular weight is 129 g/mol. The van der Waals surface area contributed by atoms with E-state index < -0.39 is 10.5 Å². The number of hydroxylamine groups is 1. The molecule has 0 heterocycles. The molecule has 0 aromatic carbocycles. The van der Waals surface area contributed by atoms with Gasteiger partial charge in [0.05, 0.1) is 0 Å². The monoisotopic (exact) mass is 129 g/mol. The smallest absolute Gasteiger partial charge is 0.185 e. The number of rotatable bonds is 2. The minimum atomic E-state index is -4.79. The van der Waals surface area contributed by atoms with Gasteiger partial charge in [-0.2, -0.15) is 18.2 Å². The van der Waals surface area contributed by atoms with E-state index in [9.17, 15) is 12.3 Å². The molecule has 0 saturated heterocycles. The van der Waals surface area contributed by atoms with Crippen LogP contribution in [-0.2, 0) is 14.8 Å². The Bertz CT molecular complexity index is 128. The third-order valence-corrected chi connectivity index (χ3v) is 0.549. The van der Waals surface area contributed by atoms with E-state index in [1.165, 1.54) is 0 Å². The van der Waals surface area contributed by atoms with Gasteiger partial charge in [0.1, 0.15) is 0 Å². The molecule has 0 amide bonds. The van der Waals surface area contributed by atoms with Gasteiger partial charge in [-0.1, -0.05) is 3.89 Å². The van der Waals surface area contributed by atoms with E-state index in [1.807, 2.05) is 0 Å². The van der Waals surface area contributed by atoms with Crippen LogP contribution in [0.15, 0.2) is 0 Å². The molecule has 0 saturated carbocycles. The first kappa shape index (κ1) is 6.80. The lowest BCUT2D eigenvalue weighted by Gasteiger charge is -1.87. The SMILES string of the molecule is CNOS(=O)(=O)F. The zero-order valence-electron chi connectivity index (χ0n) is 3.51. The molecule has 0 aliphatic heterocycles. The molecule has 0 unspecified atom stereocenters. The molecular weight excluding hydrogens is 125 g/mol. The van der Waals surface area contributed by atoms with Crippen molar-refractivity contribution in [3.05, 3.63) is 0 Å². The molecule has 0 spiro atoms. The van der Waals surface area contributed by atoms with Gasteiger partial charge in [0, 0.05) is 7.05 Å². The van der Waals surface area contributed by atoms with Gasteiger partial charge < -0.3 is 0 Å². The zero-order valence-corrected chi connectivity index (χ0v) is 4.33. The Morgan fingerprint density at radius 2 is 2.14 bits per heavy atom. The van der Waals surface area contributed by atoms with Crippen LogP contribution in [-0.4, -0.2) is 15.5 Å². The largest absolute Gasteiger partial charge is 0.453 e.